The average Bonchev–Trinajstić information content (AvgIpc) is 2.86. The van der Waals surface area contributed by atoms with E-state index in [2.05, 4.69) is 50.3 Å². The summed E-state index contributed by atoms with van der Waals surface area (Å²) in [5, 5.41) is 5.83. The van der Waals surface area contributed by atoms with Crippen LogP contribution in [0.5, 0.6) is 0 Å². The van der Waals surface area contributed by atoms with Crippen LogP contribution in [0.2, 0.25) is 0 Å². The van der Waals surface area contributed by atoms with E-state index >= 15 is 0 Å². The van der Waals surface area contributed by atoms with Crippen molar-refractivity contribution in [2.24, 2.45) is 5.92 Å². The monoisotopic (exact) mass is 282 g/mol. The predicted molar refractivity (Wildman–Crippen MR) is 80.5 cm³/mol. The van der Waals surface area contributed by atoms with Gasteiger partial charge in [0.05, 0.1) is 28.4 Å². The summed E-state index contributed by atoms with van der Waals surface area (Å²) >= 11 is 1.67. The molecular weight excluding hydrogens is 256 g/mol. The van der Waals surface area contributed by atoms with E-state index in [1.807, 2.05) is 5.51 Å². The lowest BCUT2D eigenvalue weighted by atomic mass is 9.80. The number of rotatable bonds is 5. The summed E-state index contributed by atoms with van der Waals surface area (Å²) in [6.07, 6.45) is 2.21. The Morgan fingerprint density at radius 2 is 2.21 bits per heavy atom. The third-order valence-electron chi connectivity index (χ3n) is 3.93. The molecule has 1 aromatic rings. The molecule has 1 aliphatic heterocycles. The summed E-state index contributed by atoms with van der Waals surface area (Å²) in [4.78, 5) is 4.53. The first-order chi connectivity index (χ1) is 8.86. The van der Waals surface area contributed by atoms with Crippen molar-refractivity contribution in [3.8, 4) is 0 Å². The number of hydrogen-bond donors (Lipinski definition) is 1. The third-order valence-corrected chi connectivity index (χ3v) is 4.54. The number of hydrogen-bond acceptors (Lipinski definition) is 4. The predicted octanol–water partition coefficient (Wildman–Crippen LogP) is 3.78. The van der Waals surface area contributed by atoms with Gasteiger partial charge in [-0.25, -0.2) is 4.98 Å². The lowest BCUT2D eigenvalue weighted by molar-refractivity contribution is -0.0779. The SMILES string of the molecule is CCCNC(c1cscn1)C1CC(C)(C)OC1(C)C. The Bertz CT molecular complexity index is 400. The lowest BCUT2D eigenvalue weighted by Gasteiger charge is -2.32. The molecule has 2 rings (SSSR count). The first kappa shape index (κ1) is 14.9. The number of thiazole rings is 1. The van der Waals surface area contributed by atoms with Crippen molar-refractivity contribution in [3.63, 3.8) is 0 Å². The molecule has 0 radical (unpaired) electrons. The van der Waals surface area contributed by atoms with Crippen LogP contribution in [0.4, 0.5) is 0 Å². The molecule has 0 bridgehead atoms. The summed E-state index contributed by atoms with van der Waals surface area (Å²) < 4.78 is 6.24. The van der Waals surface area contributed by atoms with E-state index in [0.29, 0.717) is 12.0 Å². The molecule has 0 aliphatic carbocycles. The minimum atomic E-state index is -0.113. The normalized spacial score (nSPS) is 26.5. The van der Waals surface area contributed by atoms with Crippen LogP contribution in [0, 0.1) is 5.92 Å². The van der Waals surface area contributed by atoms with Crippen molar-refractivity contribution in [2.45, 2.75) is 64.7 Å². The topological polar surface area (TPSA) is 34.2 Å². The molecule has 2 unspecified atom stereocenters. The van der Waals surface area contributed by atoms with Gasteiger partial charge in [0.15, 0.2) is 0 Å². The van der Waals surface area contributed by atoms with E-state index in [4.69, 9.17) is 4.74 Å². The van der Waals surface area contributed by atoms with Crippen molar-refractivity contribution >= 4 is 11.3 Å². The van der Waals surface area contributed by atoms with Crippen LogP contribution < -0.4 is 5.32 Å². The molecule has 108 valence electrons. The molecule has 0 spiro atoms. The summed E-state index contributed by atoms with van der Waals surface area (Å²) in [5.41, 5.74) is 2.93. The molecule has 2 atom stereocenters. The molecule has 0 aromatic carbocycles. The van der Waals surface area contributed by atoms with Crippen molar-refractivity contribution in [1.29, 1.82) is 0 Å². The van der Waals surface area contributed by atoms with Crippen LogP contribution in [0.25, 0.3) is 0 Å². The Hall–Kier alpha value is -0.450. The van der Waals surface area contributed by atoms with Crippen molar-refractivity contribution in [1.82, 2.24) is 10.3 Å². The van der Waals surface area contributed by atoms with E-state index in [0.717, 1.165) is 25.1 Å². The maximum Gasteiger partial charge on any atom is 0.0795 e. The summed E-state index contributed by atoms with van der Waals surface area (Å²) in [5.74, 6) is 0.455. The smallest absolute Gasteiger partial charge is 0.0795 e. The van der Waals surface area contributed by atoms with Crippen LogP contribution in [0.3, 0.4) is 0 Å². The van der Waals surface area contributed by atoms with E-state index in [9.17, 15) is 0 Å². The van der Waals surface area contributed by atoms with Crippen LogP contribution in [-0.4, -0.2) is 22.7 Å². The van der Waals surface area contributed by atoms with E-state index < -0.39 is 0 Å². The zero-order valence-corrected chi connectivity index (χ0v) is 13.5. The Balaban J connectivity index is 2.23. The lowest BCUT2D eigenvalue weighted by Crippen LogP contribution is -2.39. The first-order valence-corrected chi connectivity index (χ1v) is 8.11. The van der Waals surface area contributed by atoms with Gasteiger partial charge >= 0.3 is 0 Å². The molecule has 1 N–H and O–H groups in total. The molecular formula is C15H26N2OS. The molecule has 1 fully saturated rings. The van der Waals surface area contributed by atoms with Crippen molar-refractivity contribution in [2.75, 3.05) is 6.54 Å². The maximum absolute atomic E-state index is 6.24. The molecule has 19 heavy (non-hydrogen) atoms. The summed E-state index contributed by atoms with van der Waals surface area (Å²) in [7, 11) is 0. The highest BCUT2D eigenvalue weighted by Gasteiger charge is 2.49. The van der Waals surface area contributed by atoms with Crippen molar-refractivity contribution in [3.05, 3.63) is 16.6 Å². The zero-order chi connectivity index (χ0) is 14.1. The highest BCUT2D eigenvalue weighted by molar-refractivity contribution is 7.07. The van der Waals surface area contributed by atoms with Crippen LogP contribution >= 0.6 is 11.3 Å². The second-order valence-electron chi connectivity index (χ2n) is 6.62. The average molecular weight is 282 g/mol. The summed E-state index contributed by atoms with van der Waals surface area (Å²) in [6, 6.07) is 0.294. The molecule has 1 aliphatic rings. The van der Waals surface area contributed by atoms with E-state index in [1.54, 1.807) is 11.3 Å². The van der Waals surface area contributed by atoms with E-state index in [-0.39, 0.29) is 11.2 Å². The molecule has 2 heterocycles. The first-order valence-electron chi connectivity index (χ1n) is 7.17. The zero-order valence-electron chi connectivity index (χ0n) is 12.7. The van der Waals surface area contributed by atoms with Crippen LogP contribution in [0.15, 0.2) is 10.9 Å². The van der Waals surface area contributed by atoms with Gasteiger partial charge < -0.3 is 10.1 Å². The van der Waals surface area contributed by atoms with Gasteiger partial charge in [-0.05, 0) is 47.1 Å². The fraction of sp³-hybridized carbons (Fsp3) is 0.800. The highest BCUT2D eigenvalue weighted by Crippen LogP contribution is 2.47. The molecule has 4 heteroatoms. The van der Waals surface area contributed by atoms with Gasteiger partial charge in [0.1, 0.15) is 0 Å². The standard InChI is InChI=1S/C15H26N2OS/c1-6-7-16-13(12-9-19-10-17-12)11-8-14(2,3)18-15(11,4)5/h9-11,13,16H,6-8H2,1-5H3. The summed E-state index contributed by atoms with van der Waals surface area (Å²) in [6.45, 7) is 12.0. The van der Waals surface area contributed by atoms with Gasteiger partial charge in [-0.3, -0.25) is 0 Å². The van der Waals surface area contributed by atoms with Crippen LogP contribution in [0.1, 0.15) is 59.2 Å². The second-order valence-corrected chi connectivity index (χ2v) is 7.34. The van der Waals surface area contributed by atoms with Gasteiger partial charge in [0.2, 0.25) is 0 Å². The third kappa shape index (κ3) is 3.36. The Labute approximate surface area is 120 Å². The van der Waals surface area contributed by atoms with E-state index in [1.165, 1.54) is 0 Å². The van der Waals surface area contributed by atoms with Crippen molar-refractivity contribution < 1.29 is 4.74 Å². The second kappa shape index (κ2) is 5.51. The quantitative estimate of drug-likeness (QED) is 0.892. The van der Waals surface area contributed by atoms with Gasteiger partial charge in [0, 0.05) is 11.3 Å². The fourth-order valence-electron chi connectivity index (χ4n) is 3.25. The molecule has 1 aromatic heterocycles. The van der Waals surface area contributed by atoms with Crippen LogP contribution in [-0.2, 0) is 4.74 Å². The minimum absolute atomic E-state index is 0.0453. The Morgan fingerprint density at radius 3 is 2.68 bits per heavy atom. The molecule has 0 saturated carbocycles. The molecule has 0 amide bonds. The maximum atomic E-state index is 6.24. The highest BCUT2D eigenvalue weighted by atomic mass is 32.1. The fourth-order valence-corrected chi connectivity index (χ4v) is 3.84. The number of nitrogens with one attached hydrogen (secondary N) is 1. The number of ether oxygens (including phenoxy) is 1. The molecule has 1 saturated heterocycles. The minimum Gasteiger partial charge on any atom is -0.369 e. The van der Waals surface area contributed by atoms with Gasteiger partial charge in [-0.2, -0.15) is 0 Å². The number of nitrogens with zero attached hydrogens (tertiary/aromatic N) is 1. The number of aromatic nitrogens is 1. The van der Waals surface area contributed by atoms with Gasteiger partial charge in [-0.1, -0.05) is 6.92 Å². The van der Waals surface area contributed by atoms with Gasteiger partial charge in [0.25, 0.3) is 0 Å². The molecule has 3 nitrogen and oxygen atoms in total. The Kier molecular flexibility index (Phi) is 4.33. The largest absolute Gasteiger partial charge is 0.369 e. The Morgan fingerprint density at radius 1 is 1.47 bits per heavy atom. The van der Waals surface area contributed by atoms with Gasteiger partial charge in [-0.15, -0.1) is 11.3 Å².